The third kappa shape index (κ3) is 2.78. The van der Waals surface area contributed by atoms with Gasteiger partial charge in [0.1, 0.15) is 0 Å². The first-order valence-electron chi connectivity index (χ1n) is 6.97. The summed E-state index contributed by atoms with van der Waals surface area (Å²) in [5.74, 6) is 0.719. The van der Waals surface area contributed by atoms with Crippen LogP contribution in [0.15, 0.2) is 0 Å². The number of nitrogens with two attached hydrogens (primary N) is 1. The molecule has 1 aliphatic carbocycles. The number of hydrogen-bond acceptors (Lipinski definition) is 2. The van der Waals surface area contributed by atoms with Gasteiger partial charge in [-0.25, -0.2) is 0 Å². The summed E-state index contributed by atoms with van der Waals surface area (Å²) in [7, 11) is 0. The molecule has 94 valence electrons. The third-order valence-corrected chi connectivity index (χ3v) is 4.87. The van der Waals surface area contributed by atoms with Gasteiger partial charge < -0.3 is 5.73 Å². The Kier molecular flexibility index (Phi) is 3.60. The fourth-order valence-electron chi connectivity index (χ4n) is 3.21. The predicted octanol–water partition coefficient (Wildman–Crippen LogP) is 2.62. The van der Waals surface area contributed by atoms with Crippen molar-refractivity contribution in [3.05, 3.63) is 0 Å². The molecule has 0 radical (unpaired) electrons. The van der Waals surface area contributed by atoms with Gasteiger partial charge in [0.25, 0.3) is 0 Å². The Balaban J connectivity index is 1.85. The minimum absolute atomic E-state index is 0.406. The highest BCUT2D eigenvalue weighted by Gasteiger charge is 2.33. The molecule has 0 aromatic rings. The Morgan fingerprint density at radius 3 is 2.31 bits per heavy atom. The van der Waals surface area contributed by atoms with E-state index in [0.717, 1.165) is 18.5 Å². The Bertz CT molecular complexity index is 227. The van der Waals surface area contributed by atoms with E-state index in [0.29, 0.717) is 11.5 Å². The first-order valence-corrected chi connectivity index (χ1v) is 6.97. The van der Waals surface area contributed by atoms with Crippen LogP contribution in [0.25, 0.3) is 0 Å². The van der Waals surface area contributed by atoms with Gasteiger partial charge in [-0.1, -0.05) is 20.8 Å². The molecule has 0 aromatic heterocycles. The van der Waals surface area contributed by atoms with Crippen LogP contribution in [0.5, 0.6) is 0 Å². The molecular weight excluding hydrogens is 196 g/mol. The minimum Gasteiger partial charge on any atom is -0.326 e. The lowest BCUT2D eigenvalue weighted by Crippen LogP contribution is -2.52. The quantitative estimate of drug-likeness (QED) is 0.742. The Morgan fingerprint density at radius 1 is 1.12 bits per heavy atom. The number of hydrogen-bond donors (Lipinski definition) is 1. The summed E-state index contributed by atoms with van der Waals surface area (Å²) in [6.07, 6.45) is 6.83. The van der Waals surface area contributed by atoms with Crippen LogP contribution in [0.4, 0.5) is 0 Å². The molecule has 0 amide bonds. The summed E-state index contributed by atoms with van der Waals surface area (Å²) in [5, 5.41) is 0. The van der Waals surface area contributed by atoms with E-state index in [1.807, 2.05) is 0 Å². The fraction of sp³-hybridized carbons (Fsp3) is 1.00. The van der Waals surface area contributed by atoms with E-state index in [9.17, 15) is 0 Å². The van der Waals surface area contributed by atoms with Gasteiger partial charge in [-0.15, -0.1) is 0 Å². The number of likely N-dealkylation sites (tertiary alicyclic amines) is 1. The summed E-state index contributed by atoms with van der Waals surface area (Å²) in [4.78, 5) is 2.67. The zero-order chi connectivity index (χ0) is 11.8. The molecule has 2 heteroatoms. The van der Waals surface area contributed by atoms with Crippen LogP contribution in [0.2, 0.25) is 0 Å². The van der Waals surface area contributed by atoms with Crippen molar-refractivity contribution in [2.24, 2.45) is 17.1 Å². The number of piperidine rings is 1. The molecule has 2 unspecified atom stereocenters. The molecule has 1 saturated carbocycles. The van der Waals surface area contributed by atoms with Gasteiger partial charge in [-0.3, -0.25) is 4.90 Å². The van der Waals surface area contributed by atoms with Crippen LogP contribution in [0, 0.1) is 11.3 Å². The van der Waals surface area contributed by atoms with Gasteiger partial charge in [-0.05, 0) is 50.0 Å². The molecule has 2 atom stereocenters. The van der Waals surface area contributed by atoms with Crippen LogP contribution in [0.3, 0.4) is 0 Å². The normalized spacial score (nSPS) is 37.5. The van der Waals surface area contributed by atoms with Crippen molar-refractivity contribution in [1.82, 2.24) is 4.90 Å². The maximum absolute atomic E-state index is 6.19. The van der Waals surface area contributed by atoms with Crippen molar-refractivity contribution in [1.29, 1.82) is 0 Å². The smallest absolute Gasteiger partial charge is 0.0194 e. The third-order valence-electron chi connectivity index (χ3n) is 4.87. The molecule has 0 spiro atoms. The topological polar surface area (TPSA) is 29.3 Å². The molecule has 1 heterocycles. The summed E-state index contributed by atoms with van der Waals surface area (Å²) >= 11 is 0. The molecular formula is C14H28N2. The Labute approximate surface area is 101 Å². The van der Waals surface area contributed by atoms with Crippen LogP contribution in [0.1, 0.15) is 52.9 Å². The Morgan fingerprint density at radius 2 is 1.75 bits per heavy atom. The second-order valence-corrected chi connectivity index (χ2v) is 6.82. The molecule has 1 saturated heterocycles. The second-order valence-electron chi connectivity index (χ2n) is 6.82. The van der Waals surface area contributed by atoms with E-state index in [1.54, 1.807) is 0 Å². The van der Waals surface area contributed by atoms with Crippen LogP contribution >= 0.6 is 0 Å². The molecule has 1 aliphatic heterocycles. The number of rotatable bonds is 1. The molecule has 2 rings (SSSR count). The van der Waals surface area contributed by atoms with E-state index >= 15 is 0 Å². The highest BCUT2D eigenvalue weighted by atomic mass is 15.2. The van der Waals surface area contributed by atoms with Gasteiger partial charge in [0.2, 0.25) is 0 Å². The van der Waals surface area contributed by atoms with Crippen molar-refractivity contribution in [3.63, 3.8) is 0 Å². The molecule has 2 aliphatic rings. The molecule has 16 heavy (non-hydrogen) atoms. The zero-order valence-corrected chi connectivity index (χ0v) is 11.2. The lowest BCUT2D eigenvalue weighted by molar-refractivity contribution is 0.0690. The summed E-state index contributed by atoms with van der Waals surface area (Å²) in [6.45, 7) is 9.53. The average Bonchev–Trinajstić information content (AvgIpc) is 2.22. The van der Waals surface area contributed by atoms with Gasteiger partial charge >= 0.3 is 0 Å². The lowest BCUT2D eigenvalue weighted by atomic mass is 9.75. The van der Waals surface area contributed by atoms with E-state index < -0.39 is 0 Å². The Hall–Kier alpha value is -0.0800. The highest BCUT2D eigenvalue weighted by molar-refractivity contribution is 4.88. The number of nitrogens with zero attached hydrogens (tertiary/aromatic N) is 1. The molecule has 2 N–H and O–H groups in total. The van der Waals surface area contributed by atoms with E-state index in [2.05, 4.69) is 25.7 Å². The lowest BCUT2D eigenvalue weighted by Gasteiger charge is -2.44. The van der Waals surface area contributed by atoms with Gasteiger partial charge in [-0.2, -0.15) is 0 Å². The van der Waals surface area contributed by atoms with Crippen molar-refractivity contribution >= 4 is 0 Å². The van der Waals surface area contributed by atoms with Gasteiger partial charge in [0.05, 0.1) is 0 Å². The van der Waals surface area contributed by atoms with Crippen molar-refractivity contribution in [3.8, 4) is 0 Å². The summed E-state index contributed by atoms with van der Waals surface area (Å²) in [6, 6.07) is 1.23. The zero-order valence-electron chi connectivity index (χ0n) is 11.2. The van der Waals surface area contributed by atoms with E-state index in [1.165, 1.54) is 38.6 Å². The van der Waals surface area contributed by atoms with Crippen molar-refractivity contribution in [2.75, 3.05) is 13.1 Å². The van der Waals surface area contributed by atoms with Gasteiger partial charge in [0, 0.05) is 18.6 Å². The van der Waals surface area contributed by atoms with Crippen LogP contribution in [-0.4, -0.2) is 30.1 Å². The highest BCUT2D eigenvalue weighted by Crippen LogP contribution is 2.37. The largest absolute Gasteiger partial charge is 0.326 e. The van der Waals surface area contributed by atoms with E-state index in [4.69, 9.17) is 5.73 Å². The molecule has 0 aromatic carbocycles. The predicted molar refractivity (Wildman–Crippen MR) is 69.4 cm³/mol. The first-order chi connectivity index (χ1) is 7.48. The molecule has 2 fully saturated rings. The summed E-state index contributed by atoms with van der Waals surface area (Å²) in [5.41, 5.74) is 6.77. The summed E-state index contributed by atoms with van der Waals surface area (Å²) < 4.78 is 0. The van der Waals surface area contributed by atoms with Crippen molar-refractivity contribution in [2.45, 2.75) is 65.0 Å². The fourth-order valence-corrected chi connectivity index (χ4v) is 3.21. The maximum Gasteiger partial charge on any atom is 0.0194 e. The maximum atomic E-state index is 6.19. The molecule has 0 bridgehead atoms. The van der Waals surface area contributed by atoms with Crippen molar-refractivity contribution < 1.29 is 0 Å². The average molecular weight is 224 g/mol. The van der Waals surface area contributed by atoms with Crippen LogP contribution < -0.4 is 5.73 Å². The standard InChI is InChI=1S/C14H28N2/c1-11-6-9-16(10-13(11)15)12-4-7-14(2,3)8-5-12/h11-13H,4-10,15H2,1-3H3. The van der Waals surface area contributed by atoms with Gasteiger partial charge in [0.15, 0.2) is 0 Å². The molecule has 2 nitrogen and oxygen atoms in total. The monoisotopic (exact) mass is 224 g/mol. The first kappa shape index (κ1) is 12.4. The minimum atomic E-state index is 0.406. The van der Waals surface area contributed by atoms with Crippen LogP contribution in [-0.2, 0) is 0 Å². The van der Waals surface area contributed by atoms with E-state index in [-0.39, 0.29) is 0 Å². The SMILES string of the molecule is CC1CCN(C2CCC(C)(C)CC2)CC1N. The second kappa shape index (κ2) is 4.66.